The van der Waals surface area contributed by atoms with E-state index in [1.54, 1.807) is 12.1 Å². The van der Waals surface area contributed by atoms with Gasteiger partial charge in [-0.1, -0.05) is 40.6 Å². The first kappa shape index (κ1) is 14.9. The van der Waals surface area contributed by atoms with Gasteiger partial charge in [-0.05, 0) is 19.1 Å². The third-order valence-corrected chi connectivity index (χ3v) is 3.69. The highest BCUT2D eigenvalue weighted by Crippen LogP contribution is 2.34. The molecule has 1 heterocycles. The molecule has 0 atom stereocenters. The van der Waals surface area contributed by atoms with Gasteiger partial charge in [-0.25, -0.2) is 4.98 Å². The third-order valence-electron chi connectivity index (χ3n) is 2.53. The molecule has 0 bridgehead atoms. The average Bonchev–Trinajstić information content (AvgIpc) is 2.74. The zero-order chi connectivity index (χ0) is 14.9. The van der Waals surface area contributed by atoms with Crippen molar-refractivity contribution in [3.05, 3.63) is 44.9 Å². The molecule has 3 nitrogen and oxygen atoms in total. The molecule has 0 unspecified atom stereocenters. The minimum absolute atomic E-state index is 0.0874. The highest BCUT2D eigenvalue weighted by molar-refractivity contribution is 7.17. The summed E-state index contributed by atoms with van der Waals surface area (Å²) in [5.41, 5.74) is 0.956. The molecule has 2 rings (SSSR count). The van der Waals surface area contributed by atoms with E-state index in [0.717, 1.165) is 16.9 Å². The first-order valence-corrected chi connectivity index (χ1v) is 6.89. The lowest BCUT2D eigenvalue weighted by Crippen LogP contribution is -2.17. The van der Waals surface area contributed by atoms with Crippen LogP contribution in [0.15, 0.2) is 24.3 Å². The van der Waals surface area contributed by atoms with Gasteiger partial charge >= 0.3 is 0 Å². The lowest BCUT2D eigenvalue weighted by atomic mass is 10.2. The molecule has 1 amide bonds. The van der Waals surface area contributed by atoms with Crippen molar-refractivity contribution in [2.45, 2.75) is 19.8 Å². The number of nitrogens with zero attached hydrogens (tertiary/aromatic N) is 1. The number of halogens is 3. The van der Waals surface area contributed by atoms with E-state index in [2.05, 4.69) is 10.3 Å². The molecule has 7 heteroatoms. The van der Waals surface area contributed by atoms with E-state index in [1.165, 1.54) is 0 Å². The molecular weight excluding hydrogens is 306 g/mol. The Bertz CT molecular complexity index is 635. The first-order chi connectivity index (χ1) is 9.27. The fourth-order valence-electron chi connectivity index (χ4n) is 1.57. The van der Waals surface area contributed by atoms with Gasteiger partial charge in [0.15, 0.2) is 4.47 Å². The largest absolute Gasteiger partial charge is 0.321 e. The molecule has 0 spiro atoms. The van der Waals surface area contributed by atoms with Crippen LogP contribution in [0.1, 0.15) is 27.9 Å². The summed E-state index contributed by atoms with van der Waals surface area (Å²) in [6.07, 6.45) is 0. The fraction of sp³-hybridized carbons (Fsp3) is 0.231. The van der Waals surface area contributed by atoms with Gasteiger partial charge in [-0.15, -0.1) is 0 Å². The maximum Gasteiger partial charge on any atom is 0.288 e. The van der Waals surface area contributed by atoms with E-state index in [4.69, 9.17) is 11.6 Å². The van der Waals surface area contributed by atoms with E-state index >= 15 is 0 Å². The summed E-state index contributed by atoms with van der Waals surface area (Å²) in [6, 6.07) is 7.01. The molecule has 20 heavy (non-hydrogen) atoms. The van der Waals surface area contributed by atoms with Crippen LogP contribution in [-0.2, 0) is 5.92 Å². The summed E-state index contributed by atoms with van der Waals surface area (Å²) in [6.45, 7) is 2.59. The standard InChI is InChI=1S/C13H11ClF2N2OS/c1-7-3-5-8(6-4-7)17-11(19)9-10(13(2,15)16)18-12(14)20-9/h3-6H,1-2H3,(H,17,19). The fourth-order valence-corrected chi connectivity index (χ4v) is 2.66. The van der Waals surface area contributed by atoms with Crippen molar-refractivity contribution in [2.75, 3.05) is 5.32 Å². The minimum atomic E-state index is -3.22. The molecule has 0 saturated carbocycles. The summed E-state index contributed by atoms with van der Waals surface area (Å²) in [5.74, 6) is -3.86. The summed E-state index contributed by atoms with van der Waals surface area (Å²) in [7, 11) is 0. The lowest BCUT2D eigenvalue weighted by Gasteiger charge is -2.10. The van der Waals surface area contributed by atoms with Crippen LogP contribution in [0.5, 0.6) is 0 Å². The molecular formula is C13H11ClF2N2OS. The highest BCUT2D eigenvalue weighted by atomic mass is 35.5. The van der Waals surface area contributed by atoms with Crippen LogP contribution < -0.4 is 5.32 Å². The average molecular weight is 317 g/mol. The van der Waals surface area contributed by atoms with Crippen molar-refractivity contribution in [2.24, 2.45) is 0 Å². The number of hydrogen-bond acceptors (Lipinski definition) is 3. The molecule has 0 radical (unpaired) electrons. The zero-order valence-corrected chi connectivity index (χ0v) is 12.3. The zero-order valence-electron chi connectivity index (χ0n) is 10.7. The smallest absolute Gasteiger partial charge is 0.288 e. The Morgan fingerprint density at radius 3 is 2.50 bits per heavy atom. The normalized spacial score (nSPS) is 11.4. The number of benzene rings is 1. The Balaban J connectivity index is 2.28. The van der Waals surface area contributed by atoms with Gasteiger partial charge in [0.25, 0.3) is 11.8 Å². The van der Waals surface area contributed by atoms with E-state index in [-0.39, 0.29) is 9.34 Å². The minimum Gasteiger partial charge on any atom is -0.321 e. The van der Waals surface area contributed by atoms with Gasteiger partial charge in [0, 0.05) is 12.6 Å². The van der Waals surface area contributed by atoms with Crippen LogP contribution >= 0.6 is 22.9 Å². The van der Waals surface area contributed by atoms with E-state index in [0.29, 0.717) is 12.6 Å². The number of thiazole rings is 1. The van der Waals surface area contributed by atoms with Crippen molar-refractivity contribution >= 4 is 34.5 Å². The van der Waals surface area contributed by atoms with Gasteiger partial charge in [-0.2, -0.15) is 8.78 Å². The first-order valence-electron chi connectivity index (χ1n) is 5.70. The molecule has 0 saturated heterocycles. The topological polar surface area (TPSA) is 42.0 Å². The van der Waals surface area contributed by atoms with Crippen LogP contribution in [0.3, 0.4) is 0 Å². The van der Waals surface area contributed by atoms with Gasteiger partial charge in [0.2, 0.25) is 0 Å². The number of hydrogen-bond donors (Lipinski definition) is 1. The van der Waals surface area contributed by atoms with Crippen molar-refractivity contribution in [1.82, 2.24) is 4.98 Å². The van der Waals surface area contributed by atoms with Crippen LogP contribution in [0.25, 0.3) is 0 Å². The van der Waals surface area contributed by atoms with Crippen molar-refractivity contribution in [3.63, 3.8) is 0 Å². The SMILES string of the molecule is Cc1ccc(NC(=O)c2sc(Cl)nc2C(C)(F)F)cc1. The lowest BCUT2D eigenvalue weighted by molar-refractivity contribution is 0.0125. The second-order valence-electron chi connectivity index (χ2n) is 4.35. The maximum absolute atomic E-state index is 13.4. The van der Waals surface area contributed by atoms with Gasteiger partial charge in [0.05, 0.1) is 0 Å². The highest BCUT2D eigenvalue weighted by Gasteiger charge is 2.34. The van der Waals surface area contributed by atoms with E-state index in [1.807, 2.05) is 19.1 Å². The molecule has 1 N–H and O–H groups in total. The molecule has 0 aliphatic rings. The van der Waals surface area contributed by atoms with Crippen LogP contribution in [0.2, 0.25) is 4.47 Å². The van der Waals surface area contributed by atoms with E-state index in [9.17, 15) is 13.6 Å². The second-order valence-corrected chi connectivity index (χ2v) is 5.93. The number of carbonyl (C=O) groups is 1. The van der Waals surface area contributed by atoms with Crippen LogP contribution in [0, 0.1) is 6.92 Å². The summed E-state index contributed by atoms with van der Waals surface area (Å²) >= 11 is 6.37. The van der Waals surface area contributed by atoms with Crippen molar-refractivity contribution < 1.29 is 13.6 Å². The number of amides is 1. The summed E-state index contributed by atoms with van der Waals surface area (Å²) < 4.78 is 26.7. The van der Waals surface area contributed by atoms with Crippen LogP contribution in [-0.4, -0.2) is 10.9 Å². The molecule has 1 aromatic heterocycles. The van der Waals surface area contributed by atoms with Crippen LogP contribution in [0.4, 0.5) is 14.5 Å². The Labute approximate surface area is 123 Å². The number of anilines is 1. The van der Waals surface area contributed by atoms with Crippen molar-refractivity contribution in [3.8, 4) is 0 Å². The number of alkyl halides is 2. The Kier molecular flexibility index (Phi) is 4.06. The Hall–Kier alpha value is -1.53. The second kappa shape index (κ2) is 5.46. The van der Waals surface area contributed by atoms with Crippen molar-refractivity contribution in [1.29, 1.82) is 0 Å². The van der Waals surface area contributed by atoms with Gasteiger partial charge in [0.1, 0.15) is 10.6 Å². The molecule has 0 fully saturated rings. The third kappa shape index (κ3) is 3.32. The molecule has 2 aromatic rings. The predicted octanol–water partition coefficient (Wildman–Crippen LogP) is 4.47. The number of carbonyl (C=O) groups excluding carboxylic acids is 1. The summed E-state index contributed by atoms with van der Waals surface area (Å²) in [4.78, 5) is 15.4. The predicted molar refractivity (Wildman–Crippen MR) is 75.8 cm³/mol. The number of nitrogens with one attached hydrogen (secondary N) is 1. The Morgan fingerprint density at radius 2 is 1.95 bits per heavy atom. The number of aryl methyl sites for hydroxylation is 1. The quantitative estimate of drug-likeness (QED) is 0.907. The molecule has 0 aliphatic carbocycles. The van der Waals surface area contributed by atoms with Gasteiger partial charge in [-0.3, -0.25) is 4.79 Å². The maximum atomic E-state index is 13.4. The van der Waals surface area contributed by atoms with E-state index < -0.39 is 17.5 Å². The molecule has 0 aliphatic heterocycles. The number of rotatable bonds is 3. The Morgan fingerprint density at radius 1 is 1.35 bits per heavy atom. The molecule has 1 aromatic carbocycles. The number of aromatic nitrogens is 1. The monoisotopic (exact) mass is 316 g/mol. The van der Waals surface area contributed by atoms with Gasteiger partial charge < -0.3 is 5.32 Å². The molecule has 106 valence electrons. The summed E-state index contributed by atoms with van der Waals surface area (Å²) in [5, 5.41) is 2.55.